The summed E-state index contributed by atoms with van der Waals surface area (Å²) < 4.78 is 13.4. The number of halogens is 1. The van der Waals surface area contributed by atoms with Crippen LogP contribution < -0.4 is 5.73 Å². The van der Waals surface area contributed by atoms with Crippen LogP contribution in [0.15, 0.2) is 6.07 Å². The van der Waals surface area contributed by atoms with Gasteiger partial charge < -0.3 is 10.8 Å². The van der Waals surface area contributed by atoms with E-state index in [-0.39, 0.29) is 11.6 Å². The fourth-order valence-corrected chi connectivity index (χ4v) is 1.85. The molecule has 0 atom stereocenters. The highest BCUT2D eigenvalue weighted by molar-refractivity contribution is 5.51. The van der Waals surface area contributed by atoms with Gasteiger partial charge in [-0.15, -0.1) is 0 Å². The van der Waals surface area contributed by atoms with Gasteiger partial charge in [0.15, 0.2) is 0 Å². The van der Waals surface area contributed by atoms with Gasteiger partial charge in [0.2, 0.25) is 0 Å². The largest absolute Gasteiger partial charge is 0.507 e. The van der Waals surface area contributed by atoms with Gasteiger partial charge in [-0.1, -0.05) is 0 Å². The second kappa shape index (κ2) is 2.70. The quantitative estimate of drug-likeness (QED) is 0.720. The number of hydrogen-bond acceptors (Lipinski definition) is 2. The summed E-state index contributed by atoms with van der Waals surface area (Å²) in [7, 11) is 0. The Hall–Kier alpha value is -1.09. The van der Waals surface area contributed by atoms with Gasteiger partial charge in [-0.05, 0) is 43.9 Å². The van der Waals surface area contributed by atoms with Crippen LogP contribution in [0.5, 0.6) is 5.75 Å². The van der Waals surface area contributed by atoms with Crippen LogP contribution in [0.2, 0.25) is 0 Å². The number of aryl methyl sites for hydroxylation is 1. The molecule has 0 saturated heterocycles. The standard InChI is InChI=1S/C11H14FNO/c1-6-5-8(12)7(2)9(10(6)14)11(13)3-4-11/h5,14H,3-4,13H2,1-2H3. The molecule has 1 aliphatic carbocycles. The van der Waals surface area contributed by atoms with Crippen LogP contribution in [0.3, 0.4) is 0 Å². The van der Waals surface area contributed by atoms with Crippen molar-refractivity contribution in [2.75, 3.05) is 0 Å². The number of hydrogen-bond donors (Lipinski definition) is 2. The average molecular weight is 195 g/mol. The van der Waals surface area contributed by atoms with Gasteiger partial charge in [0.05, 0.1) is 0 Å². The molecule has 3 heteroatoms. The molecule has 0 radical (unpaired) electrons. The molecule has 0 spiro atoms. The lowest BCUT2D eigenvalue weighted by Crippen LogP contribution is -2.21. The molecule has 1 aromatic rings. The highest BCUT2D eigenvalue weighted by Crippen LogP contribution is 2.48. The van der Waals surface area contributed by atoms with E-state index in [4.69, 9.17) is 5.73 Å². The molecule has 76 valence electrons. The fraction of sp³-hybridized carbons (Fsp3) is 0.455. The van der Waals surface area contributed by atoms with E-state index in [0.29, 0.717) is 16.7 Å². The van der Waals surface area contributed by atoms with Crippen LogP contribution >= 0.6 is 0 Å². The van der Waals surface area contributed by atoms with E-state index in [1.807, 2.05) is 0 Å². The van der Waals surface area contributed by atoms with Crippen LogP contribution in [-0.2, 0) is 5.54 Å². The van der Waals surface area contributed by atoms with Gasteiger partial charge in [-0.2, -0.15) is 0 Å². The van der Waals surface area contributed by atoms with Gasteiger partial charge in [-0.3, -0.25) is 0 Å². The molecule has 2 nitrogen and oxygen atoms in total. The SMILES string of the molecule is Cc1cc(F)c(C)c(C2(N)CC2)c1O. The first-order valence-electron chi connectivity index (χ1n) is 4.74. The number of aromatic hydroxyl groups is 1. The van der Waals surface area contributed by atoms with E-state index in [0.717, 1.165) is 12.8 Å². The summed E-state index contributed by atoms with van der Waals surface area (Å²) in [6.07, 6.45) is 1.65. The zero-order valence-electron chi connectivity index (χ0n) is 8.39. The first-order chi connectivity index (χ1) is 6.46. The molecular weight excluding hydrogens is 181 g/mol. The zero-order chi connectivity index (χ0) is 10.5. The Labute approximate surface area is 82.5 Å². The Morgan fingerprint density at radius 1 is 1.43 bits per heavy atom. The smallest absolute Gasteiger partial charge is 0.126 e. The van der Waals surface area contributed by atoms with Crippen molar-refractivity contribution in [3.8, 4) is 5.75 Å². The molecule has 1 aliphatic rings. The van der Waals surface area contributed by atoms with Gasteiger partial charge in [0.25, 0.3) is 0 Å². The lowest BCUT2D eigenvalue weighted by molar-refractivity contribution is 0.450. The Morgan fingerprint density at radius 3 is 2.50 bits per heavy atom. The molecule has 3 N–H and O–H groups in total. The van der Waals surface area contributed by atoms with Crippen molar-refractivity contribution in [3.63, 3.8) is 0 Å². The summed E-state index contributed by atoms with van der Waals surface area (Å²) in [6, 6.07) is 1.35. The van der Waals surface area contributed by atoms with E-state index in [1.165, 1.54) is 6.07 Å². The Kier molecular flexibility index (Phi) is 1.83. The summed E-state index contributed by atoms with van der Waals surface area (Å²) in [5.74, 6) is -0.129. The summed E-state index contributed by atoms with van der Waals surface area (Å²) >= 11 is 0. The van der Waals surface area contributed by atoms with Crippen molar-refractivity contribution in [1.82, 2.24) is 0 Å². The first-order valence-corrected chi connectivity index (χ1v) is 4.74. The van der Waals surface area contributed by atoms with Crippen molar-refractivity contribution in [2.24, 2.45) is 5.73 Å². The number of benzene rings is 1. The lowest BCUT2D eigenvalue weighted by Gasteiger charge is -2.17. The molecule has 2 rings (SSSR count). The van der Waals surface area contributed by atoms with Gasteiger partial charge in [-0.25, -0.2) is 4.39 Å². The third kappa shape index (κ3) is 1.20. The molecule has 14 heavy (non-hydrogen) atoms. The predicted molar refractivity (Wildman–Crippen MR) is 52.6 cm³/mol. The van der Waals surface area contributed by atoms with Crippen LogP contribution in [0.1, 0.15) is 29.5 Å². The molecule has 0 amide bonds. The highest BCUT2D eigenvalue weighted by Gasteiger charge is 2.43. The normalized spacial score (nSPS) is 18.3. The maximum absolute atomic E-state index is 13.4. The zero-order valence-corrected chi connectivity index (χ0v) is 8.39. The minimum atomic E-state index is -0.485. The molecule has 0 aromatic heterocycles. The predicted octanol–water partition coefficient (Wildman–Crippen LogP) is 2.10. The second-order valence-corrected chi connectivity index (χ2v) is 4.18. The number of phenols is 1. The summed E-state index contributed by atoms with van der Waals surface area (Å²) in [4.78, 5) is 0. The van der Waals surface area contributed by atoms with Crippen molar-refractivity contribution in [2.45, 2.75) is 32.2 Å². The lowest BCUT2D eigenvalue weighted by atomic mass is 9.95. The topological polar surface area (TPSA) is 46.2 Å². The molecule has 0 heterocycles. The fourth-order valence-electron chi connectivity index (χ4n) is 1.85. The molecule has 1 aromatic carbocycles. The minimum Gasteiger partial charge on any atom is -0.507 e. The average Bonchev–Trinajstić information content (AvgIpc) is 2.81. The van der Waals surface area contributed by atoms with E-state index >= 15 is 0 Å². The van der Waals surface area contributed by atoms with Crippen LogP contribution in [-0.4, -0.2) is 5.11 Å². The maximum atomic E-state index is 13.4. The van der Waals surface area contributed by atoms with Crippen molar-refractivity contribution in [3.05, 3.63) is 28.6 Å². The monoisotopic (exact) mass is 195 g/mol. The second-order valence-electron chi connectivity index (χ2n) is 4.18. The van der Waals surface area contributed by atoms with Crippen LogP contribution in [0.4, 0.5) is 4.39 Å². The summed E-state index contributed by atoms with van der Waals surface area (Å²) in [6.45, 7) is 3.35. The van der Waals surface area contributed by atoms with Gasteiger partial charge in [0.1, 0.15) is 11.6 Å². The minimum absolute atomic E-state index is 0.156. The van der Waals surface area contributed by atoms with Crippen molar-refractivity contribution < 1.29 is 9.50 Å². The maximum Gasteiger partial charge on any atom is 0.126 e. The third-order valence-corrected chi connectivity index (χ3v) is 2.97. The van der Waals surface area contributed by atoms with E-state index < -0.39 is 5.54 Å². The first kappa shape index (κ1) is 9.46. The molecule has 0 unspecified atom stereocenters. The summed E-state index contributed by atoms with van der Waals surface area (Å²) in [5, 5.41) is 9.83. The van der Waals surface area contributed by atoms with Crippen molar-refractivity contribution in [1.29, 1.82) is 0 Å². The molecule has 1 fully saturated rings. The van der Waals surface area contributed by atoms with E-state index in [2.05, 4.69) is 0 Å². The Morgan fingerprint density at radius 2 is 2.00 bits per heavy atom. The molecule has 1 saturated carbocycles. The molecule has 0 aliphatic heterocycles. The van der Waals surface area contributed by atoms with Crippen LogP contribution in [0.25, 0.3) is 0 Å². The van der Waals surface area contributed by atoms with E-state index in [1.54, 1.807) is 13.8 Å². The van der Waals surface area contributed by atoms with Crippen molar-refractivity contribution >= 4 is 0 Å². The summed E-state index contributed by atoms with van der Waals surface area (Å²) in [5.41, 5.74) is 7.12. The van der Waals surface area contributed by atoms with Gasteiger partial charge >= 0.3 is 0 Å². The number of nitrogens with two attached hydrogens (primary N) is 1. The Balaban J connectivity index is 2.68. The Bertz CT molecular complexity index is 371. The van der Waals surface area contributed by atoms with Crippen LogP contribution in [0, 0.1) is 19.7 Å². The van der Waals surface area contributed by atoms with Gasteiger partial charge in [0, 0.05) is 11.1 Å². The van der Waals surface area contributed by atoms with E-state index in [9.17, 15) is 9.50 Å². The molecule has 0 bridgehead atoms. The third-order valence-electron chi connectivity index (χ3n) is 2.97. The molecular formula is C11H14FNO. The number of rotatable bonds is 1. The highest BCUT2D eigenvalue weighted by atomic mass is 19.1. The number of phenolic OH excluding ortho intramolecular Hbond substituents is 1.